The maximum absolute atomic E-state index is 12.4. The predicted molar refractivity (Wildman–Crippen MR) is 84.0 cm³/mol. The molecule has 3 atom stereocenters. The Labute approximate surface area is 136 Å². The number of nitrogens with zero attached hydrogens (tertiary/aromatic N) is 4. The SMILES string of the molecule is CN(C)CC(=O)N1CCO[C@@H]2[C@H](COc3ncccn3)CC[C@H]21. The lowest BCUT2D eigenvalue weighted by Gasteiger charge is -2.39. The number of carbonyl (C=O) groups is 1. The van der Waals surface area contributed by atoms with Crippen molar-refractivity contribution in [1.29, 1.82) is 0 Å². The highest BCUT2D eigenvalue weighted by atomic mass is 16.5. The van der Waals surface area contributed by atoms with Crippen molar-refractivity contribution >= 4 is 5.91 Å². The van der Waals surface area contributed by atoms with Gasteiger partial charge in [-0.15, -0.1) is 0 Å². The lowest BCUT2D eigenvalue weighted by Crippen LogP contribution is -2.54. The molecule has 23 heavy (non-hydrogen) atoms. The van der Waals surface area contributed by atoms with E-state index in [0.29, 0.717) is 32.3 Å². The largest absolute Gasteiger partial charge is 0.463 e. The Morgan fingerprint density at radius 2 is 2.17 bits per heavy atom. The fourth-order valence-corrected chi connectivity index (χ4v) is 3.45. The van der Waals surface area contributed by atoms with Crippen molar-refractivity contribution < 1.29 is 14.3 Å². The molecule has 3 rings (SSSR count). The number of aromatic nitrogens is 2. The zero-order valence-corrected chi connectivity index (χ0v) is 13.7. The highest BCUT2D eigenvalue weighted by molar-refractivity contribution is 5.78. The van der Waals surface area contributed by atoms with Gasteiger partial charge in [-0.25, -0.2) is 9.97 Å². The van der Waals surface area contributed by atoms with Gasteiger partial charge in [0.2, 0.25) is 5.91 Å². The highest BCUT2D eigenvalue weighted by Gasteiger charge is 2.44. The van der Waals surface area contributed by atoms with Crippen molar-refractivity contribution in [3.05, 3.63) is 18.5 Å². The Kier molecular flexibility index (Phi) is 5.07. The van der Waals surface area contributed by atoms with Crippen molar-refractivity contribution in [3.8, 4) is 6.01 Å². The summed E-state index contributed by atoms with van der Waals surface area (Å²) in [4.78, 5) is 24.5. The quantitative estimate of drug-likeness (QED) is 0.783. The molecule has 2 aliphatic rings. The molecule has 2 heterocycles. The predicted octanol–water partition coefficient (Wildman–Crippen LogP) is 0.423. The summed E-state index contributed by atoms with van der Waals surface area (Å²) in [6, 6.07) is 2.32. The molecule has 1 amide bonds. The normalized spacial score (nSPS) is 27.1. The molecule has 1 aromatic heterocycles. The van der Waals surface area contributed by atoms with Crippen LogP contribution in [0.5, 0.6) is 6.01 Å². The number of carbonyl (C=O) groups excluding carboxylic acids is 1. The summed E-state index contributed by atoms with van der Waals surface area (Å²) < 4.78 is 11.6. The molecule has 126 valence electrons. The third kappa shape index (κ3) is 3.79. The number of hydrogen-bond acceptors (Lipinski definition) is 6. The van der Waals surface area contributed by atoms with Gasteiger partial charge in [0, 0.05) is 24.9 Å². The maximum atomic E-state index is 12.4. The molecule has 1 aromatic rings. The zero-order valence-electron chi connectivity index (χ0n) is 13.7. The van der Waals surface area contributed by atoms with Crippen molar-refractivity contribution in [2.45, 2.75) is 25.0 Å². The van der Waals surface area contributed by atoms with E-state index in [9.17, 15) is 4.79 Å². The third-order valence-corrected chi connectivity index (χ3v) is 4.46. The number of hydrogen-bond donors (Lipinski definition) is 0. The first-order chi connectivity index (χ1) is 11.1. The number of ether oxygens (including phenoxy) is 2. The van der Waals surface area contributed by atoms with Crippen LogP contribution in [0.3, 0.4) is 0 Å². The molecule has 7 heteroatoms. The van der Waals surface area contributed by atoms with Gasteiger partial charge in [-0.3, -0.25) is 4.79 Å². The van der Waals surface area contributed by atoms with Gasteiger partial charge >= 0.3 is 6.01 Å². The van der Waals surface area contributed by atoms with Crippen LogP contribution in [0.4, 0.5) is 0 Å². The topological polar surface area (TPSA) is 67.8 Å². The van der Waals surface area contributed by atoms with E-state index in [4.69, 9.17) is 9.47 Å². The van der Waals surface area contributed by atoms with Crippen LogP contribution >= 0.6 is 0 Å². The molecular weight excluding hydrogens is 296 g/mol. The summed E-state index contributed by atoms with van der Waals surface area (Å²) >= 11 is 0. The molecule has 1 aliphatic heterocycles. The minimum Gasteiger partial charge on any atom is -0.463 e. The molecule has 0 spiro atoms. The van der Waals surface area contributed by atoms with Gasteiger partial charge in [0.15, 0.2) is 0 Å². The average Bonchev–Trinajstić information content (AvgIpc) is 2.96. The van der Waals surface area contributed by atoms with Crippen molar-refractivity contribution in [1.82, 2.24) is 19.8 Å². The second-order valence-electron chi connectivity index (χ2n) is 6.41. The lowest BCUT2D eigenvalue weighted by atomic mass is 10.0. The van der Waals surface area contributed by atoms with Gasteiger partial charge in [-0.1, -0.05) is 0 Å². The van der Waals surface area contributed by atoms with Crippen LogP contribution in [0, 0.1) is 5.92 Å². The van der Waals surface area contributed by atoms with E-state index in [1.54, 1.807) is 18.5 Å². The summed E-state index contributed by atoms with van der Waals surface area (Å²) in [6.45, 7) is 2.25. The molecule has 7 nitrogen and oxygen atoms in total. The van der Waals surface area contributed by atoms with E-state index in [-0.39, 0.29) is 24.0 Å². The molecule has 1 aliphatic carbocycles. The van der Waals surface area contributed by atoms with Gasteiger partial charge < -0.3 is 19.3 Å². The van der Waals surface area contributed by atoms with Crippen molar-refractivity contribution in [2.75, 3.05) is 40.4 Å². The van der Waals surface area contributed by atoms with Crippen LogP contribution in [0.2, 0.25) is 0 Å². The molecule has 0 radical (unpaired) electrons. The van der Waals surface area contributed by atoms with Crippen molar-refractivity contribution in [3.63, 3.8) is 0 Å². The maximum Gasteiger partial charge on any atom is 0.316 e. The minimum atomic E-state index is 0.0542. The van der Waals surface area contributed by atoms with Crippen LogP contribution in [-0.4, -0.2) is 78.2 Å². The zero-order chi connectivity index (χ0) is 16.2. The minimum absolute atomic E-state index is 0.0542. The van der Waals surface area contributed by atoms with E-state index in [0.717, 1.165) is 12.8 Å². The molecule has 0 aromatic carbocycles. The van der Waals surface area contributed by atoms with E-state index in [1.807, 2.05) is 23.9 Å². The second-order valence-corrected chi connectivity index (χ2v) is 6.41. The first kappa shape index (κ1) is 16.1. The second kappa shape index (κ2) is 7.23. The number of fused-ring (bicyclic) bond motifs is 1. The summed E-state index contributed by atoms with van der Waals surface area (Å²) in [5.74, 6) is 0.458. The number of morpholine rings is 1. The van der Waals surface area contributed by atoms with Crippen LogP contribution < -0.4 is 4.74 Å². The van der Waals surface area contributed by atoms with Gasteiger partial charge in [0.25, 0.3) is 0 Å². The van der Waals surface area contributed by atoms with Crippen LogP contribution in [-0.2, 0) is 9.53 Å². The van der Waals surface area contributed by atoms with E-state index in [1.165, 1.54) is 0 Å². The Hall–Kier alpha value is -1.73. The van der Waals surface area contributed by atoms with Crippen LogP contribution in [0.25, 0.3) is 0 Å². The first-order valence-corrected chi connectivity index (χ1v) is 8.11. The highest BCUT2D eigenvalue weighted by Crippen LogP contribution is 2.35. The number of likely N-dealkylation sites (N-methyl/N-ethyl adjacent to an activating group) is 1. The number of rotatable bonds is 5. The van der Waals surface area contributed by atoms with E-state index < -0.39 is 0 Å². The Morgan fingerprint density at radius 3 is 2.91 bits per heavy atom. The van der Waals surface area contributed by atoms with E-state index in [2.05, 4.69) is 9.97 Å². The van der Waals surface area contributed by atoms with Crippen LogP contribution in [0.15, 0.2) is 18.5 Å². The summed E-state index contributed by atoms with van der Waals surface area (Å²) in [5.41, 5.74) is 0. The van der Waals surface area contributed by atoms with Gasteiger partial charge in [0.05, 0.1) is 31.9 Å². The van der Waals surface area contributed by atoms with Gasteiger partial charge in [-0.05, 0) is 33.0 Å². The van der Waals surface area contributed by atoms with E-state index >= 15 is 0 Å². The molecule has 2 fully saturated rings. The monoisotopic (exact) mass is 320 g/mol. The Bertz CT molecular complexity index is 525. The van der Waals surface area contributed by atoms with Crippen LogP contribution in [0.1, 0.15) is 12.8 Å². The van der Waals surface area contributed by atoms with Gasteiger partial charge in [-0.2, -0.15) is 0 Å². The summed E-state index contributed by atoms with van der Waals surface area (Å²) in [5, 5.41) is 0. The summed E-state index contributed by atoms with van der Waals surface area (Å²) in [6.07, 6.45) is 5.34. The third-order valence-electron chi connectivity index (χ3n) is 4.46. The first-order valence-electron chi connectivity index (χ1n) is 8.11. The standard InChI is InChI=1S/C16H24N4O3/c1-19(2)10-14(21)20-8-9-22-15-12(4-5-13(15)20)11-23-16-17-6-3-7-18-16/h3,6-7,12-13,15H,4-5,8-11H2,1-2H3/t12-,13+,15+/m0/s1. The lowest BCUT2D eigenvalue weighted by molar-refractivity contribution is -0.147. The Morgan fingerprint density at radius 1 is 1.39 bits per heavy atom. The fraction of sp³-hybridized carbons (Fsp3) is 0.688. The smallest absolute Gasteiger partial charge is 0.316 e. The fourth-order valence-electron chi connectivity index (χ4n) is 3.45. The average molecular weight is 320 g/mol. The molecule has 0 N–H and O–H groups in total. The van der Waals surface area contributed by atoms with Crippen molar-refractivity contribution in [2.24, 2.45) is 5.92 Å². The van der Waals surface area contributed by atoms with Gasteiger partial charge in [0.1, 0.15) is 0 Å². The molecule has 1 saturated heterocycles. The number of amides is 1. The molecular formula is C16H24N4O3. The molecule has 0 bridgehead atoms. The summed E-state index contributed by atoms with van der Waals surface area (Å²) in [7, 11) is 3.84. The molecule has 0 unspecified atom stereocenters. The Balaban J connectivity index is 1.58. The molecule has 1 saturated carbocycles.